The standard InChI is InChI=1S/C16H12Cl2O2/c17-14-7-5-12(9-15(14)18)16(19)20-13-6-4-10-2-1-3-11(10)8-13/h4-9H,1-3H2. The monoisotopic (exact) mass is 306 g/mol. The molecular weight excluding hydrogens is 295 g/mol. The first-order valence-electron chi connectivity index (χ1n) is 6.42. The Bertz CT molecular complexity index is 680. The van der Waals surface area contributed by atoms with Crippen molar-refractivity contribution in [2.45, 2.75) is 19.3 Å². The Hall–Kier alpha value is -1.51. The van der Waals surface area contributed by atoms with Crippen molar-refractivity contribution in [3.05, 3.63) is 63.1 Å². The summed E-state index contributed by atoms with van der Waals surface area (Å²) in [6, 6.07) is 10.5. The summed E-state index contributed by atoms with van der Waals surface area (Å²) in [4.78, 5) is 12.1. The molecule has 2 aromatic rings. The molecule has 0 radical (unpaired) electrons. The van der Waals surface area contributed by atoms with Crippen molar-refractivity contribution in [1.82, 2.24) is 0 Å². The zero-order valence-corrected chi connectivity index (χ0v) is 12.2. The summed E-state index contributed by atoms with van der Waals surface area (Å²) < 4.78 is 5.38. The number of benzene rings is 2. The van der Waals surface area contributed by atoms with E-state index in [1.807, 2.05) is 18.2 Å². The van der Waals surface area contributed by atoms with Gasteiger partial charge in [-0.2, -0.15) is 0 Å². The fraction of sp³-hybridized carbons (Fsp3) is 0.188. The van der Waals surface area contributed by atoms with E-state index in [9.17, 15) is 4.79 Å². The lowest BCUT2D eigenvalue weighted by molar-refractivity contribution is 0.0734. The second kappa shape index (κ2) is 5.47. The fourth-order valence-electron chi connectivity index (χ4n) is 2.40. The van der Waals surface area contributed by atoms with Crippen molar-refractivity contribution in [2.24, 2.45) is 0 Å². The van der Waals surface area contributed by atoms with Crippen LogP contribution in [0.15, 0.2) is 36.4 Å². The number of carbonyl (C=O) groups excluding carboxylic acids is 1. The second-order valence-electron chi connectivity index (χ2n) is 4.80. The van der Waals surface area contributed by atoms with Gasteiger partial charge in [0.05, 0.1) is 15.6 Å². The predicted octanol–water partition coefficient (Wildman–Crippen LogP) is 4.70. The molecule has 20 heavy (non-hydrogen) atoms. The molecule has 0 atom stereocenters. The van der Waals surface area contributed by atoms with E-state index in [2.05, 4.69) is 0 Å². The predicted molar refractivity (Wildman–Crippen MR) is 79.9 cm³/mol. The Balaban J connectivity index is 1.80. The fourth-order valence-corrected chi connectivity index (χ4v) is 2.70. The molecular formula is C16H12Cl2O2. The third kappa shape index (κ3) is 2.67. The van der Waals surface area contributed by atoms with Gasteiger partial charge in [-0.1, -0.05) is 29.3 Å². The summed E-state index contributed by atoms with van der Waals surface area (Å²) in [7, 11) is 0. The normalized spacial score (nSPS) is 13.1. The summed E-state index contributed by atoms with van der Waals surface area (Å²) in [5.74, 6) is 0.142. The van der Waals surface area contributed by atoms with Crippen LogP contribution in [0.5, 0.6) is 5.75 Å². The Morgan fingerprint density at radius 1 is 0.950 bits per heavy atom. The summed E-state index contributed by atoms with van der Waals surface area (Å²) >= 11 is 11.7. The minimum absolute atomic E-state index is 0.343. The van der Waals surface area contributed by atoms with Crippen LogP contribution in [0.2, 0.25) is 10.0 Å². The summed E-state index contributed by atoms with van der Waals surface area (Å²) in [6.07, 6.45) is 3.32. The van der Waals surface area contributed by atoms with Gasteiger partial charge in [0.1, 0.15) is 5.75 Å². The van der Waals surface area contributed by atoms with Crippen molar-refractivity contribution in [2.75, 3.05) is 0 Å². The Morgan fingerprint density at radius 3 is 2.55 bits per heavy atom. The van der Waals surface area contributed by atoms with E-state index < -0.39 is 5.97 Å². The van der Waals surface area contributed by atoms with Crippen molar-refractivity contribution in [3.63, 3.8) is 0 Å². The molecule has 0 amide bonds. The average Bonchev–Trinajstić information content (AvgIpc) is 2.89. The van der Waals surface area contributed by atoms with E-state index >= 15 is 0 Å². The highest BCUT2D eigenvalue weighted by atomic mass is 35.5. The van der Waals surface area contributed by atoms with Crippen LogP contribution >= 0.6 is 23.2 Å². The minimum atomic E-state index is -0.429. The lowest BCUT2D eigenvalue weighted by Crippen LogP contribution is -2.08. The Kier molecular flexibility index (Phi) is 3.68. The molecule has 2 nitrogen and oxygen atoms in total. The molecule has 0 unspecified atom stereocenters. The first kappa shape index (κ1) is 13.5. The molecule has 0 spiro atoms. The minimum Gasteiger partial charge on any atom is -0.423 e. The molecule has 3 rings (SSSR count). The lowest BCUT2D eigenvalue weighted by Gasteiger charge is -2.07. The maximum atomic E-state index is 12.1. The largest absolute Gasteiger partial charge is 0.423 e. The smallest absolute Gasteiger partial charge is 0.343 e. The Labute approximate surface area is 127 Å². The molecule has 1 aliphatic rings. The first-order valence-corrected chi connectivity index (χ1v) is 7.18. The Morgan fingerprint density at radius 2 is 1.75 bits per heavy atom. The number of carbonyl (C=O) groups is 1. The third-order valence-electron chi connectivity index (χ3n) is 3.44. The highest BCUT2D eigenvalue weighted by molar-refractivity contribution is 6.42. The SMILES string of the molecule is O=C(Oc1ccc2c(c1)CCC2)c1ccc(Cl)c(Cl)c1. The molecule has 0 aliphatic heterocycles. The van der Waals surface area contributed by atoms with Gasteiger partial charge in [0.25, 0.3) is 0 Å². The van der Waals surface area contributed by atoms with Crippen molar-refractivity contribution in [1.29, 1.82) is 0 Å². The quantitative estimate of drug-likeness (QED) is 0.594. The van der Waals surface area contributed by atoms with Gasteiger partial charge in [0, 0.05) is 0 Å². The van der Waals surface area contributed by atoms with Crippen LogP contribution in [0.1, 0.15) is 27.9 Å². The molecule has 0 heterocycles. The van der Waals surface area contributed by atoms with Crippen LogP contribution in [0.3, 0.4) is 0 Å². The van der Waals surface area contributed by atoms with Gasteiger partial charge in [0.2, 0.25) is 0 Å². The summed E-state index contributed by atoms with van der Waals surface area (Å²) in [5, 5.41) is 0.760. The number of fused-ring (bicyclic) bond motifs is 1. The average molecular weight is 307 g/mol. The van der Waals surface area contributed by atoms with Gasteiger partial charge in [0.15, 0.2) is 0 Å². The van der Waals surface area contributed by atoms with E-state index in [1.54, 1.807) is 12.1 Å². The molecule has 0 fully saturated rings. The van der Waals surface area contributed by atoms with Gasteiger partial charge >= 0.3 is 5.97 Å². The first-order chi connectivity index (χ1) is 9.63. The van der Waals surface area contributed by atoms with E-state index in [4.69, 9.17) is 27.9 Å². The topological polar surface area (TPSA) is 26.3 Å². The van der Waals surface area contributed by atoms with Gasteiger partial charge in [-0.3, -0.25) is 0 Å². The third-order valence-corrected chi connectivity index (χ3v) is 4.17. The number of esters is 1. The molecule has 102 valence electrons. The van der Waals surface area contributed by atoms with Crippen LogP contribution in [-0.4, -0.2) is 5.97 Å². The van der Waals surface area contributed by atoms with Gasteiger partial charge < -0.3 is 4.74 Å². The number of ether oxygens (including phenoxy) is 1. The maximum absolute atomic E-state index is 12.1. The molecule has 2 aromatic carbocycles. The lowest BCUT2D eigenvalue weighted by atomic mass is 10.1. The molecule has 0 N–H and O–H groups in total. The number of rotatable bonds is 2. The number of halogens is 2. The zero-order chi connectivity index (χ0) is 14.1. The van der Waals surface area contributed by atoms with Crippen LogP contribution in [-0.2, 0) is 12.8 Å². The zero-order valence-electron chi connectivity index (χ0n) is 10.7. The molecule has 0 saturated heterocycles. The number of hydrogen-bond donors (Lipinski definition) is 0. The van der Waals surface area contributed by atoms with E-state index in [0.29, 0.717) is 21.4 Å². The molecule has 0 saturated carbocycles. The summed E-state index contributed by atoms with van der Waals surface area (Å²) in [6.45, 7) is 0. The maximum Gasteiger partial charge on any atom is 0.343 e. The van der Waals surface area contributed by atoms with E-state index in [0.717, 1.165) is 12.8 Å². The summed E-state index contributed by atoms with van der Waals surface area (Å²) in [5.41, 5.74) is 3.00. The van der Waals surface area contributed by atoms with Gasteiger partial charge in [-0.25, -0.2) is 4.79 Å². The molecule has 4 heteroatoms. The van der Waals surface area contributed by atoms with Crippen molar-refractivity contribution < 1.29 is 9.53 Å². The molecule has 0 aromatic heterocycles. The van der Waals surface area contributed by atoms with Gasteiger partial charge in [-0.15, -0.1) is 0 Å². The van der Waals surface area contributed by atoms with Crippen LogP contribution < -0.4 is 4.74 Å². The second-order valence-corrected chi connectivity index (χ2v) is 5.62. The molecule has 1 aliphatic carbocycles. The van der Waals surface area contributed by atoms with E-state index in [1.165, 1.54) is 23.6 Å². The van der Waals surface area contributed by atoms with Crippen molar-refractivity contribution >= 4 is 29.2 Å². The van der Waals surface area contributed by atoms with Crippen LogP contribution in [0, 0.1) is 0 Å². The van der Waals surface area contributed by atoms with Crippen molar-refractivity contribution in [3.8, 4) is 5.75 Å². The number of aryl methyl sites for hydroxylation is 2. The van der Waals surface area contributed by atoms with E-state index in [-0.39, 0.29) is 0 Å². The number of hydrogen-bond acceptors (Lipinski definition) is 2. The van der Waals surface area contributed by atoms with Gasteiger partial charge in [-0.05, 0) is 60.7 Å². The van der Waals surface area contributed by atoms with Crippen LogP contribution in [0.4, 0.5) is 0 Å². The molecule has 0 bridgehead atoms. The highest BCUT2D eigenvalue weighted by Gasteiger charge is 2.14. The highest BCUT2D eigenvalue weighted by Crippen LogP contribution is 2.27. The van der Waals surface area contributed by atoms with Crippen LogP contribution in [0.25, 0.3) is 0 Å².